The topological polar surface area (TPSA) is 79.0 Å². The van der Waals surface area contributed by atoms with Gasteiger partial charge < -0.3 is 4.90 Å². The van der Waals surface area contributed by atoms with Gasteiger partial charge in [0.1, 0.15) is 0 Å². The van der Waals surface area contributed by atoms with Gasteiger partial charge in [0.2, 0.25) is 5.91 Å². The molecule has 28 heavy (non-hydrogen) atoms. The number of carbonyl (C=O) groups excluding carboxylic acids is 1. The molecule has 8 heteroatoms. The van der Waals surface area contributed by atoms with Crippen molar-refractivity contribution in [3.05, 3.63) is 63.9 Å². The molecule has 142 valence electrons. The number of carbonyl (C=O) groups is 1. The van der Waals surface area contributed by atoms with Crippen LogP contribution in [-0.2, 0) is 4.79 Å². The Labute approximate surface area is 171 Å². The van der Waals surface area contributed by atoms with E-state index in [1.165, 1.54) is 21.2 Å². The number of thioether (sulfide) groups is 1. The second-order valence-corrected chi connectivity index (χ2v) is 7.42. The van der Waals surface area contributed by atoms with E-state index < -0.39 is 0 Å². The van der Waals surface area contributed by atoms with Crippen LogP contribution in [0.4, 0.5) is 0 Å². The number of para-hydroxylation sites is 1. The lowest BCUT2D eigenvalue weighted by Crippen LogP contribution is -2.29. The van der Waals surface area contributed by atoms with Crippen LogP contribution in [0.2, 0.25) is 5.02 Å². The van der Waals surface area contributed by atoms with Gasteiger partial charge in [-0.25, -0.2) is 4.98 Å². The average Bonchev–Trinajstić information content (AvgIpc) is 2.70. The number of nitriles is 1. The maximum atomic E-state index is 13.1. The highest BCUT2D eigenvalue weighted by Gasteiger charge is 2.16. The summed E-state index contributed by atoms with van der Waals surface area (Å²) in [5.41, 5.74) is 0.933. The minimum absolute atomic E-state index is 0.104. The number of hydrogen-bond acceptors (Lipinski definition) is 5. The quantitative estimate of drug-likeness (QED) is 0.457. The SMILES string of the molecule is CN(CCC#N)C(=O)CSc1nc2ccccc2c(=O)n1-c1cccc(Cl)c1. The van der Waals surface area contributed by atoms with Gasteiger partial charge in [-0.1, -0.05) is 41.6 Å². The van der Waals surface area contributed by atoms with Gasteiger partial charge in [0.05, 0.1) is 34.8 Å². The summed E-state index contributed by atoms with van der Waals surface area (Å²) in [6.45, 7) is 0.363. The number of aromatic nitrogens is 2. The molecule has 0 aliphatic carbocycles. The first-order valence-electron chi connectivity index (χ1n) is 8.52. The Morgan fingerprint density at radius 1 is 1.29 bits per heavy atom. The average molecular weight is 413 g/mol. The molecule has 1 aromatic heterocycles. The summed E-state index contributed by atoms with van der Waals surface area (Å²) in [5.74, 6) is -0.0342. The Bertz CT molecular complexity index is 1120. The zero-order chi connectivity index (χ0) is 20.1. The van der Waals surface area contributed by atoms with Gasteiger partial charge in [-0.3, -0.25) is 14.2 Å². The summed E-state index contributed by atoms with van der Waals surface area (Å²) < 4.78 is 1.47. The predicted molar refractivity (Wildman–Crippen MR) is 111 cm³/mol. The monoisotopic (exact) mass is 412 g/mol. The van der Waals surface area contributed by atoms with E-state index in [1.54, 1.807) is 49.5 Å². The number of halogens is 1. The molecule has 0 spiro atoms. The minimum Gasteiger partial charge on any atom is -0.344 e. The Morgan fingerprint density at radius 3 is 2.82 bits per heavy atom. The highest BCUT2D eigenvalue weighted by atomic mass is 35.5. The van der Waals surface area contributed by atoms with Crippen molar-refractivity contribution in [2.45, 2.75) is 11.6 Å². The van der Waals surface area contributed by atoms with E-state index in [2.05, 4.69) is 4.98 Å². The number of amides is 1. The van der Waals surface area contributed by atoms with Gasteiger partial charge in [0.25, 0.3) is 5.56 Å². The van der Waals surface area contributed by atoms with Gasteiger partial charge in [0, 0.05) is 18.6 Å². The van der Waals surface area contributed by atoms with Crippen molar-refractivity contribution in [1.29, 1.82) is 5.26 Å². The minimum atomic E-state index is -0.222. The van der Waals surface area contributed by atoms with Crippen LogP contribution in [0, 0.1) is 11.3 Å². The number of fused-ring (bicyclic) bond motifs is 1. The molecular weight excluding hydrogens is 396 g/mol. The van der Waals surface area contributed by atoms with Crippen LogP contribution in [0.1, 0.15) is 6.42 Å². The largest absolute Gasteiger partial charge is 0.344 e. The van der Waals surface area contributed by atoms with E-state index in [4.69, 9.17) is 16.9 Å². The van der Waals surface area contributed by atoms with Crippen LogP contribution >= 0.6 is 23.4 Å². The van der Waals surface area contributed by atoms with Crippen molar-refractivity contribution in [2.75, 3.05) is 19.3 Å². The van der Waals surface area contributed by atoms with Crippen LogP contribution in [0.5, 0.6) is 0 Å². The molecule has 3 aromatic rings. The van der Waals surface area contributed by atoms with Gasteiger partial charge in [-0.15, -0.1) is 0 Å². The second-order valence-electron chi connectivity index (χ2n) is 6.04. The first-order chi connectivity index (χ1) is 13.5. The highest BCUT2D eigenvalue weighted by Crippen LogP contribution is 2.23. The smallest absolute Gasteiger partial charge is 0.266 e. The van der Waals surface area contributed by atoms with Crippen LogP contribution in [-0.4, -0.2) is 39.7 Å². The molecule has 0 radical (unpaired) electrons. The Balaban J connectivity index is 2.01. The van der Waals surface area contributed by atoms with Gasteiger partial charge >= 0.3 is 0 Å². The number of nitrogens with zero attached hydrogens (tertiary/aromatic N) is 4. The van der Waals surface area contributed by atoms with E-state index in [9.17, 15) is 9.59 Å². The highest BCUT2D eigenvalue weighted by molar-refractivity contribution is 7.99. The number of rotatable bonds is 6. The Kier molecular flexibility index (Phi) is 6.34. The molecular formula is C20H17ClN4O2S. The maximum absolute atomic E-state index is 13.1. The molecule has 0 unspecified atom stereocenters. The fourth-order valence-electron chi connectivity index (χ4n) is 2.63. The fourth-order valence-corrected chi connectivity index (χ4v) is 3.77. The zero-order valence-corrected chi connectivity index (χ0v) is 16.7. The normalized spacial score (nSPS) is 10.6. The van der Waals surface area contributed by atoms with E-state index in [-0.39, 0.29) is 23.6 Å². The molecule has 1 amide bonds. The lowest BCUT2D eigenvalue weighted by Gasteiger charge is -2.16. The van der Waals surface area contributed by atoms with E-state index in [0.29, 0.717) is 33.3 Å². The Hall–Kier alpha value is -2.82. The fraction of sp³-hybridized carbons (Fsp3) is 0.200. The summed E-state index contributed by atoms with van der Waals surface area (Å²) in [5, 5.41) is 10.1. The molecule has 1 heterocycles. The molecule has 2 aromatic carbocycles. The van der Waals surface area contributed by atoms with Crippen LogP contribution in [0.3, 0.4) is 0 Å². The lowest BCUT2D eigenvalue weighted by atomic mass is 10.2. The van der Waals surface area contributed by atoms with Gasteiger partial charge in [0.15, 0.2) is 5.16 Å². The third kappa shape index (κ3) is 4.35. The maximum Gasteiger partial charge on any atom is 0.266 e. The van der Waals surface area contributed by atoms with E-state index >= 15 is 0 Å². The predicted octanol–water partition coefficient (Wildman–Crippen LogP) is 3.50. The molecule has 0 fully saturated rings. The molecule has 0 atom stereocenters. The molecule has 3 rings (SSSR count). The lowest BCUT2D eigenvalue weighted by molar-refractivity contribution is -0.127. The molecule has 0 aliphatic heterocycles. The summed E-state index contributed by atoms with van der Waals surface area (Å²) in [7, 11) is 1.65. The molecule has 0 bridgehead atoms. The number of hydrogen-bond donors (Lipinski definition) is 0. The third-order valence-electron chi connectivity index (χ3n) is 4.12. The molecule has 0 aliphatic rings. The van der Waals surface area contributed by atoms with Gasteiger partial charge in [-0.05, 0) is 30.3 Å². The standard InChI is InChI=1S/C20H17ClN4O2S/c1-24(11-5-10-22)18(26)13-28-20-23-17-9-3-2-8-16(17)19(27)25(20)15-7-4-6-14(21)12-15/h2-4,6-9,12H,5,11,13H2,1H3. The van der Waals surface area contributed by atoms with Crippen molar-refractivity contribution in [3.8, 4) is 11.8 Å². The van der Waals surface area contributed by atoms with Crippen LogP contribution in [0.15, 0.2) is 58.5 Å². The summed E-state index contributed by atoms with van der Waals surface area (Å²) >= 11 is 7.29. The summed E-state index contributed by atoms with van der Waals surface area (Å²) in [4.78, 5) is 31.5. The zero-order valence-electron chi connectivity index (χ0n) is 15.1. The van der Waals surface area contributed by atoms with Crippen LogP contribution < -0.4 is 5.56 Å². The molecule has 0 saturated heterocycles. The molecule has 0 N–H and O–H groups in total. The van der Waals surface area contributed by atoms with Crippen molar-refractivity contribution in [2.24, 2.45) is 0 Å². The van der Waals surface area contributed by atoms with Crippen molar-refractivity contribution in [1.82, 2.24) is 14.5 Å². The third-order valence-corrected chi connectivity index (χ3v) is 5.28. The van der Waals surface area contributed by atoms with E-state index in [0.717, 1.165) is 0 Å². The second kappa shape index (κ2) is 8.91. The van der Waals surface area contributed by atoms with Gasteiger partial charge in [-0.2, -0.15) is 5.26 Å². The molecule has 6 nitrogen and oxygen atoms in total. The van der Waals surface area contributed by atoms with Crippen molar-refractivity contribution < 1.29 is 4.79 Å². The van der Waals surface area contributed by atoms with Crippen molar-refractivity contribution >= 4 is 40.2 Å². The summed E-state index contributed by atoms with van der Waals surface area (Å²) in [6.07, 6.45) is 0.272. The first kappa shape index (κ1) is 19.9. The number of benzene rings is 2. The Morgan fingerprint density at radius 2 is 2.07 bits per heavy atom. The van der Waals surface area contributed by atoms with Crippen LogP contribution in [0.25, 0.3) is 16.6 Å². The molecule has 0 saturated carbocycles. The van der Waals surface area contributed by atoms with Crippen molar-refractivity contribution in [3.63, 3.8) is 0 Å². The summed E-state index contributed by atoms with van der Waals surface area (Å²) in [6, 6.07) is 16.1. The first-order valence-corrected chi connectivity index (χ1v) is 9.89. The van der Waals surface area contributed by atoms with E-state index in [1.807, 2.05) is 12.1 Å².